The Balaban J connectivity index is 1.64. The summed E-state index contributed by atoms with van der Waals surface area (Å²) in [5, 5.41) is 12.3. The first kappa shape index (κ1) is 25.1. The molecule has 0 aromatic heterocycles. The zero-order valence-corrected chi connectivity index (χ0v) is 19.9. The molecule has 3 aromatic rings. The molecule has 0 aliphatic heterocycles. The first-order valence-electron chi connectivity index (χ1n) is 11.2. The second-order valence-corrected chi connectivity index (χ2v) is 7.70. The van der Waals surface area contributed by atoms with E-state index < -0.39 is 5.91 Å². The van der Waals surface area contributed by atoms with Crippen molar-refractivity contribution in [1.82, 2.24) is 0 Å². The second-order valence-electron chi connectivity index (χ2n) is 7.70. The fourth-order valence-corrected chi connectivity index (χ4v) is 3.30. The fraction of sp³-hybridized carbons (Fsp3) is 0.172. The van der Waals surface area contributed by atoms with Crippen molar-refractivity contribution in [3.8, 4) is 23.3 Å². The molecule has 0 aliphatic rings. The minimum Gasteiger partial charge on any atom is -0.493 e. The molecule has 0 spiro atoms. The molecule has 1 N–H and O–H groups in total. The van der Waals surface area contributed by atoms with E-state index in [1.807, 2.05) is 61.5 Å². The summed E-state index contributed by atoms with van der Waals surface area (Å²) < 4.78 is 17.1. The molecule has 0 fully saturated rings. The Hall–Kier alpha value is -4.50. The number of rotatable bonds is 11. The van der Waals surface area contributed by atoms with Crippen LogP contribution in [-0.4, -0.2) is 26.2 Å². The predicted octanol–water partition coefficient (Wildman–Crippen LogP) is 5.74. The Bertz CT molecular complexity index is 1240. The lowest BCUT2D eigenvalue weighted by Crippen LogP contribution is -2.13. The number of hydrogen-bond donors (Lipinski definition) is 1. The van der Waals surface area contributed by atoms with Crippen LogP contribution in [0.4, 0.5) is 5.69 Å². The molecule has 1 amide bonds. The van der Waals surface area contributed by atoms with Crippen molar-refractivity contribution in [2.75, 3.05) is 25.6 Å². The maximum atomic E-state index is 12.6. The number of para-hydroxylation sites is 1. The Morgan fingerprint density at radius 1 is 1.00 bits per heavy atom. The van der Waals surface area contributed by atoms with Gasteiger partial charge >= 0.3 is 0 Å². The van der Waals surface area contributed by atoms with Crippen LogP contribution >= 0.6 is 0 Å². The summed E-state index contributed by atoms with van der Waals surface area (Å²) in [6.07, 6.45) is 4.09. The summed E-state index contributed by atoms with van der Waals surface area (Å²) in [5.41, 5.74) is 3.38. The lowest BCUT2D eigenvalue weighted by atomic mass is 10.1. The zero-order chi connectivity index (χ0) is 25.0. The van der Waals surface area contributed by atoms with E-state index in [2.05, 4.69) is 11.9 Å². The van der Waals surface area contributed by atoms with E-state index >= 15 is 0 Å². The summed E-state index contributed by atoms with van der Waals surface area (Å²) in [6.45, 7) is 6.26. The van der Waals surface area contributed by atoms with E-state index in [-0.39, 0.29) is 18.8 Å². The molecule has 0 saturated carbocycles. The van der Waals surface area contributed by atoms with Crippen molar-refractivity contribution in [3.05, 3.63) is 102 Å². The molecule has 0 radical (unpaired) electrons. The molecule has 0 unspecified atom stereocenters. The third kappa shape index (κ3) is 7.24. The van der Waals surface area contributed by atoms with Gasteiger partial charge in [-0.2, -0.15) is 5.26 Å². The molecule has 3 aromatic carbocycles. The number of nitrogens with one attached hydrogen (secondary N) is 1. The number of anilines is 1. The van der Waals surface area contributed by atoms with Crippen LogP contribution in [0, 0.1) is 18.3 Å². The van der Waals surface area contributed by atoms with Crippen LogP contribution in [0.2, 0.25) is 0 Å². The lowest BCUT2D eigenvalue weighted by molar-refractivity contribution is -0.112. The van der Waals surface area contributed by atoms with Crippen molar-refractivity contribution < 1.29 is 19.0 Å². The lowest BCUT2D eigenvalue weighted by Gasteiger charge is -2.13. The van der Waals surface area contributed by atoms with Crippen LogP contribution in [0.3, 0.4) is 0 Å². The molecule has 0 atom stereocenters. The maximum absolute atomic E-state index is 12.6. The molecule has 178 valence electrons. The molecule has 3 rings (SSSR count). The Morgan fingerprint density at radius 2 is 1.71 bits per heavy atom. The van der Waals surface area contributed by atoms with E-state index in [0.717, 1.165) is 17.5 Å². The highest BCUT2D eigenvalue weighted by Gasteiger charge is 2.12. The number of carbonyl (C=O) groups is 1. The number of nitrogens with zero attached hydrogens (tertiary/aromatic N) is 1. The van der Waals surface area contributed by atoms with Gasteiger partial charge in [-0.05, 0) is 55.3 Å². The smallest absolute Gasteiger partial charge is 0.266 e. The number of carbonyl (C=O) groups excluding carboxylic acids is 1. The molecular weight excluding hydrogens is 440 g/mol. The normalized spacial score (nSPS) is 10.7. The van der Waals surface area contributed by atoms with Gasteiger partial charge in [0, 0.05) is 11.3 Å². The molecule has 0 saturated heterocycles. The van der Waals surface area contributed by atoms with Crippen LogP contribution in [0.15, 0.2) is 85.0 Å². The van der Waals surface area contributed by atoms with Gasteiger partial charge in [-0.3, -0.25) is 4.79 Å². The van der Waals surface area contributed by atoms with Crippen LogP contribution in [0.1, 0.15) is 16.7 Å². The standard InChI is InChI=1S/C29H28N2O4/c1-4-7-22-12-15-27(28(18-22)33-3)35-17-16-34-26-9-6-5-8-23(26)19-24(20-30)29(32)31-25-13-10-21(2)11-14-25/h4-6,8-15,18-19H,1,7,16-17H2,2-3H3,(H,31,32)/b24-19+. The highest BCUT2D eigenvalue weighted by Crippen LogP contribution is 2.28. The van der Waals surface area contributed by atoms with Crippen molar-refractivity contribution >= 4 is 17.7 Å². The van der Waals surface area contributed by atoms with E-state index in [9.17, 15) is 10.1 Å². The summed E-state index contributed by atoms with van der Waals surface area (Å²) >= 11 is 0. The van der Waals surface area contributed by atoms with Crippen molar-refractivity contribution in [2.45, 2.75) is 13.3 Å². The Labute approximate surface area is 206 Å². The molecule has 35 heavy (non-hydrogen) atoms. The quantitative estimate of drug-likeness (QED) is 0.168. The topological polar surface area (TPSA) is 80.6 Å². The first-order valence-corrected chi connectivity index (χ1v) is 11.2. The first-order chi connectivity index (χ1) is 17.0. The van der Waals surface area contributed by atoms with Crippen LogP contribution in [0.5, 0.6) is 17.2 Å². The van der Waals surface area contributed by atoms with Gasteiger partial charge in [-0.25, -0.2) is 0 Å². The molecule has 0 bridgehead atoms. The minimum atomic E-state index is -0.485. The van der Waals surface area contributed by atoms with E-state index in [4.69, 9.17) is 14.2 Å². The molecular formula is C29H28N2O4. The number of methoxy groups -OCH3 is 1. The summed E-state index contributed by atoms with van der Waals surface area (Å²) in [6, 6.07) is 22.3. The third-order valence-electron chi connectivity index (χ3n) is 5.10. The van der Waals surface area contributed by atoms with Gasteiger partial charge in [0.25, 0.3) is 5.91 Å². The van der Waals surface area contributed by atoms with Crippen molar-refractivity contribution in [3.63, 3.8) is 0 Å². The SMILES string of the molecule is C=CCc1ccc(OCCOc2ccccc2/C=C(\C#N)C(=O)Nc2ccc(C)cc2)c(OC)c1. The Kier molecular flexibility index (Phi) is 9.09. The number of benzene rings is 3. The number of amides is 1. The van der Waals surface area contributed by atoms with Gasteiger partial charge in [0.15, 0.2) is 11.5 Å². The average molecular weight is 469 g/mol. The van der Waals surface area contributed by atoms with Crippen molar-refractivity contribution in [1.29, 1.82) is 5.26 Å². The van der Waals surface area contributed by atoms with Gasteiger partial charge in [0.2, 0.25) is 0 Å². The molecule has 0 aliphatic carbocycles. The van der Waals surface area contributed by atoms with E-state index in [1.165, 1.54) is 6.08 Å². The third-order valence-corrected chi connectivity index (χ3v) is 5.10. The summed E-state index contributed by atoms with van der Waals surface area (Å²) in [7, 11) is 1.60. The maximum Gasteiger partial charge on any atom is 0.266 e. The van der Waals surface area contributed by atoms with Gasteiger partial charge in [-0.15, -0.1) is 6.58 Å². The Morgan fingerprint density at radius 3 is 2.40 bits per heavy atom. The zero-order valence-electron chi connectivity index (χ0n) is 19.9. The average Bonchev–Trinajstić information content (AvgIpc) is 2.87. The summed E-state index contributed by atoms with van der Waals surface area (Å²) in [4.78, 5) is 12.6. The van der Waals surface area contributed by atoms with Gasteiger partial charge < -0.3 is 19.5 Å². The number of allylic oxidation sites excluding steroid dienone is 1. The second kappa shape index (κ2) is 12.7. The highest BCUT2D eigenvalue weighted by atomic mass is 16.5. The van der Waals surface area contributed by atoms with E-state index in [0.29, 0.717) is 28.5 Å². The van der Waals surface area contributed by atoms with Crippen LogP contribution < -0.4 is 19.5 Å². The van der Waals surface area contributed by atoms with Crippen LogP contribution in [-0.2, 0) is 11.2 Å². The molecule has 6 nitrogen and oxygen atoms in total. The largest absolute Gasteiger partial charge is 0.493 e. The number of nitriles is 1. The minimum absolute atomic E-state index is 0.0257. The number of ether oxygens (including phenoxy) is 3. The van der Waals surface area contributed by atoms with Gasteiger partial charge in [0.05, 0.1) is 7.11 Å². The highest BCUT2D eigenvalue weighted by molar-refractivity contribution is 6.09. The van der Waals surface area contributed by atoms with Crippen molar-refractivity contribution in [2.24, 2.45) is 0 Å². The number of hydrogen-bond acceptors (Lipinski definition) is 5. The molecule has 6 heteroatoms. The van der Waals surface area contributed by atoms with Gasteiger partial charge in [-0.1, -0.05) is 48.0 Å². The number of aryl methyl sites for hydroxylation is 1. The summed E-state index contributed by atoms with van der Waals surface area (Å²) in [5.74, 6) is 1.32. The predicted molar refractivity (Wildman–Crippen MR) is 138 cm³/mol. The van der Waals surface area contributed by atoms with Gasteiger partial charge in [0.1, 0.15) is 30.6 Å². The fourth-order valence-electron chi connectivity index (χ4n) is 3.30. The van der Waals surface area contributed by atoms with Crippen LogP contribution in [0.25, 0.3) is 6.08 Å². The molecule has 0 heterocycles. The van der Waals surface area contributed by atoms with E-state index in [1.54, 1.807) is 31.4 Å². The monoisotopic (exact) mass is 468 g/mol.